The van der Waals surface area contributed by atoms with Crippen LogP contribution >= 0.6 is 11.6 Å². The van der Waals surface area contributed by atoms with Gasteiger partial charge in [0.2, 0.25) is 5.91 Å². The Bertz CT molecular complexity index is 971. The largest absolute Gasteiger partial charge is 0.338 e. The highest BCUT2D eigenvalue weighted by Crippen LogP contribution is 2.64. The van der Waals surface area contributed by atoms with Crippen LogP contribution in [0.1, 0.15) is 44.3 Å². The molecule has 142 valence electrons. The normalized spacial score (nSPS) is 34.1. The minimum Gasteiger partial charge on any atom is -0.338 e. The first-order valence-corrected chi connectivity index (χ1v) is 10.2. The maximum atomic E-state index is 13.4. The first kappa shape index (κ1) is 17.2. The predicted molar refractivity (Wildman–Crippen MR) is 105 cm³/mol. The Kier molecular flexibility index (Phi) is 3.71. The molecular weight excluding hydrogens is 362 g/mol. The lowest BCUT2D eigenvalue weighted by atomic mass is 9.49. The first-order chi connectivity index (χ1) is 12.9. The zero-order valence-corrected chi connectivity index (χ0v) is 16.3. The molecule has 0 saturated heterocycles. The highest BCUT2D eigenvalue weighted by molar-refractivity contribution is 6.24. The number of H-pyrrole nitrogens is 1. The number of nitrogens with zero attached hydrogens (tertiary/aromatic N) is 2. The number of hydrogen-bond donors (Lipinski definition) is 1. The van der Waals surface area contributed by atoms with Gasteiger partial charge >= 0.3 is 0 Å². The van der Waals surface area contributed by atoms with E-state index >= 15 is 0 Å². The topological polar surface area (TPSA) is 66.1 Å². The van der Waals surface area contributed by atoms with Crippen LogP contribution in [0.15, 0.2) is 29.1 Å². The van der Waals surface area contributed by atoms with Gasteiger partial charge in [0, 0.05) is 11.9 Å². The molecule has 1 heterocycles. The second kappa shape index (κ2) is 5.81. The second-order valence-electron chi connectivity index (χ2n) is 9.08. The molecule has 1 aromatic heterocycles. The van der Waals surface area contributed by atoms with Gasteiger partial charge in [0.05, 0.1) is 22.9 Å². The molecular formula is C21H24ClN3O2. The Morgan fingerprint density at radius 3 is 2.67 bits per heavy atom. The number of carbonyl (C=O) groups excluding carboxylic acids is 1. The summed E-state index contributed by atoms with van der Waals surface area (Å²) >= 11 is 6.88. The van der Waals surface area contributed by atoms with Crippen molar-refractivity contribution in [3.63, 3.8) is 0 Å². The molecule has 1 amide bonds. The number of benzene rings is 1. The molecule has 4 bridgehead atoms. The molecule has 4 aliphatic rings. The molecule has 4 aliphatic carbocycles. The highest BCUT2D eigenvalue weighted by atomic mass is 35.5. The molecule has 1 N–H and O–H groups in total. The molecule has 2 aromatic rings. The average Bonchev–Trinajstić information content (AvgIpc) is 2.59. The van der Waals surface area contributed by atoms with Crippen LogP contribution in [0.3, 0.4) is 0 Å². The molecule has 2 atom stereocenters. The molecule has 1 aromatic carbocycles. The van der Waals surface area contributed by atoms with Crippen molar-refractivity contribution in [2.45, 2.75) is 49.9 Å². The third-order valence-electron chi connectivity index (χ3n) is 6.84. The van der Waals surface area contributed by atoms with Crippen molar-refractivity contribution in [1.29, 1.82) is 0 Å². The summed E-state index contributed by atoms with van der Waals surface area (Å²) in [5, 5.41) is 0.570. The molecule has 27 heavy (non-hydrogen) atoms. The van der Waals surface area contributed by atoms with Gasteiger partial charge in [-0.15, -0.1) is 11.6 Å². The predicted octanol–water partition coefficient (Wildman–Crippen LogP) is 3.46. The van der Waals surface area contributed by atoms with E-state index in [1.807, 2.05) is 25.2 Å². The molecule has 0 unspecified atom stereocenters. The van der Waals surface area contributed by atoms with E-state index in [2.05, 4.69) is 9.97 Å². The van der Waals surface area contributed by atoms with Crippen LogP contribution in [0.2, 0.25) is 0 Å². The van der Waals surface area contributed by atoms with E-state index in [0.29, 0.717) is 35.1 Å². The number of alkyl halides is 1. The molecule has 0 aliphatic heterocycles. The van der Waals surface area contributed by atoms with Crippen molar-refractivity contribution in [2.24, 2.45) is 17.3 Å². The fraction of sp³-hybridized carbons (Fsp3) is 0.571. The molecule has 0 spiro atoms. The number of rotatable bonds is 3. The van der Waals surface area contributed by atoms with E-state index in [1.165, 1.54) is 6.42 Å². The van der Waals surface area contributed by atoms with Crippen LogP contribution in [0.5, 0.6) is 0 Å². The Labute approximate surface area is 163 Å². The SMILES string of the molecule is CN(Cc1nc2ccccc2c(=O)[nH]1)C(=O)C12C[C@H]3C[C@@H](CC(Cl)(C3)C1)C2. The maximum Gasteiger partial charge on any atom is 0.258 e. The summed E-state index contributed by atoms with van der Waals surface area (Å²) in [5.41, 5.74) is 0.176. The summed E-state index contributed by atoms with van der Waals surface area (Å²) < 4.78 is 0. The number of para-hydroxylation sites is 1. The van der Waals surface area contributed by atoms with Crippen molar-refractivity contribution in [2.75, 3.05) is 7.05 Å². The van der Waals surface area contributed by atoms with E-state index in [9.17, 15) is 9.59 Å². The van der Waals surface area contributed by atoms with Gasteiger partial charge in [0.1, 0.15) is 5.82 Å². The van der Waals surface area contributed by atoms with E-state index < -0.39 is 0 Å². The smallest absolute Gasteiger partial charge is 0.258 e. The van der Waals surface area contributed by atoms with Crippen LogP contribution in [0.25, 0.3) is 10.9 Å². The van der Waals surface area contributed by atoms with E-state index in [4.69, 9.17) is 11.6 Å². The summed E-state index contributed by atoms with van der Waals surface area (Å²) in [5.74, 6) is 1.86. The standard InChI is InChI=1S/C21H24ClN3O2/c1-25(11-17-23-16-5-3-2-4-15(16)18(26)24-17)19(27)20-7-13-6-14(8-20)10-21(22,9-13)12-20/h2-5,13-14H,6-12H2,1H3,(H,23,24,26)/t13-,14-,20?,21?/m1/s1. The van der Waals surface area contributed by atoms with Gasteiger partial charge in [0.25, 0.3) is 5.56 Å². The number of aromatic nitrogens is 2. The summed E-state index contributed by atoms with van der Waals surface area (Å²) in [6, 6.07) is 7.27. The number of fused-ring (bicyclic) bond motifs is 1. The molecule has 4 fully saturated rings. The third-order valence-corrected chi connectivity index (χ3v) is 7.28. The Morgan fingerprint density at radius 2 is 1.96 bits per heavy atom. The quantitative estimate of drug-likeness (QED) is 0.823. The van der Waals surface area contributed by atoms with E-state index in [-0.39, 0.29) is 21.8 Å². The zero-order valence-electron chi connectivity index (χ0n) is 15.5. The molecule has 4 saturated carbocycles. The monoisotopic (exact) mass is 385 g/mol. The van der Waals surface area contributed by atoms with Gasteiger partial charge in [-0.3, -0.25) is 9.59 Å². The summed E-state index contributed by atoms with van der Waals surface area (Å²) in [4.78, 5) is 34.7. The molecule has 6 rings (SSSR count). The van der Waals surface area contributed by atoms with Gasteiger partial charge < -0.3 is 9.88 Å². The Morgan fingerprint density at radius 1 is 1.26 bits per heavy atom. The third kappa shape index (κ3) is 2.78. The van der Waals surface area contributed by atoms with Crippen molar-refractivity contribution in [3.8, 4) is 0 Å². The van der Waals surface area contributed by atoms with Crippen LogP contribution < -0.4 is 5.56 Å². The van der Waals surface area contributed by atoms with Crippen molar-refractivity contribution in [1.82, 2.24) is 14.9 Å². The van der Waals surface area contributed by atoms with Gasteiger partial charge in [-0.2, -0.15) is 0 Å². The summed E-state index contributed by atoms with van der Waals surface area (Å²) in [6.07, 6.45) is 6.06. The first-order valence-electron chi connectivity index (χ1n) is 9.78. The Balaban J connectivity index is 1.41. The fourth-order valence-electron chi connectivity index (χ4n) is 6.31. The average molecular weight is 386 g/mol. The summed E-state index contributed by atoms with van der Waals surface area (Å²) in [6.45, 7) is 0.311. The number of amides is 1. The van der Waals surface area contributed by atoms with Crippen molar-refractivity contribution < 1.29 is 4.79 Å². The number of carbonyl (C=O) groups is 1. The van der Waals surface area contributed by atoms with Gasteiger partial charge in [-0.05, 0) is 62.5 Å². The van der Waals surface area contributed by atoms with Crippen LogP contribution in [0.4, 0.5) is 0 Å². The van der Waals surface area contributed by atoms with E-state index in [1.54, 1.807) is 11.0 Å². The van der Waals surface area contributed by atoms with Crippen LogP contribution in [-0.4, -0.2) is 32.7 Å². The lowest BCUT2D eigenvalue weighted by molar-refractivity contribution is -0.155. The number of nitrogens with one attached hydrogen (secondary N) is 1. The lowest BCUT2D eigenvalue weighted by Crippen LogP contribution is -2.58. The van der Waals surface area contributed by atoms with Gasteiger partial charge in [-0.1, -0.05) is 12.1 Å². The van der Waals surface area contributed by atoms with Crippen molar-refractivity contribution >= 4 is 28.4 Å². The van der Waals surface area contributed by atoms with Crippen LogP contribution in [0, 0.1) is 17.3 Å². The van der Waals surface area contributed by atoms with Crippen LogP contribution in [-0.2, 0) is 11.3 Å². The van der Waals surface area contributed by atoms with Gasteiger partial charge in [-0.25, -0.2) is 4.98 Å². The number of halogens is 1. The molecule has 6 heteroatoms. The lowest BCUT2D eigenvalue weighted by Gasteiger charge is -2.59. The highest BCUT2D eigenvalue weighted by Gasteiger charge is 2.60. The molecule has 5 nitrogen and oxygen atoms in total. The maximum absolute atomic E-state index is 13.4. The minimum atomic E-state index is -0.322. The minimum absolute atomic E-state index is 0.161. The number of hydrogen-bond acceptors (Lipinski definition) is 3. The second-order valence-corrected chi connectivity index (χ2v) is 9.89. The fourth-order valence-corrected chi connectivity index (χ4v) is 7.00. The van der Waals surface area contributed by atoms with Crippen molar-refractivity contribution in [3.05, 3.63) is 40.4 Å². The Hall–Kier alpha value is -1.88. The summed E-state index contributed by atoms with van der Waals surface area (Å²) in [7, 11) is 1.82. The van der Waals surface area contributed by atoms with Gasteiger partial charge in [0.15, 0.2) is 0 Å². The zero-order chi connectivity index (χ0) is 18.8. The molecule has 0 radical (unpaired) electrons. The van der Waals surface area contributed by atoms with E-state index in [0.717, 1.165) is 32.1 Å². The number of aromatic amines is 1.